The molecule has 0 aliphatic carbocycles. The largest absolute Gasteiger partial charge is 3.00 e. The fourth-order valence-corrected chi connectivity index (χ4v) is 10.3. The number of carboxylic acid groups (broad SMARTS) is 6. The molecule has 0 saturated carbocycles. The Balaban J connectivity index is 0.000000336. The number of nitrogens with zero attached hydrogens (tertiary/aromatic N) is 4. The molecule has 0 bridgehead atoms. The number of methoxy groups -OCH3 is 12. The number of aliphatic carboxylic acids is 6. The maximum Gasteiger partial charge on any atom is 3.00 e. The SMILES string of the molecule is COc1ccc(CC(=O)[O-])cc1OC.COc1ccc(CC(=O)[O-])cc1OC.COc1ccc(CC(=O)[O-])cc1OC.COc1ccc(CC(=O)[O-])cc1OC.COc1ccc(CC(=O)[O-])cc1OC.COc1ccc(CC(=O)[O-])cc1OC.[Dy+3].[Dy+3].c1cnc2c(c1)ccc1cccnc12.c1cnc2c(c1)ccc1cccnc12. The molecule has 4 aromatic heterocycles. The Morgan fingerprint density at radius 3 is 0.482 bits per heavy atom. The molecule has 0 N–H and O–H groups in total. The van der Waals surface area contributed by atoms with Crippen molar-refractivity contribution in [3.05, 3.63) is 240 Å². The molecule has 4 heterocycles. The van der Waals surface area contributed by atoms with Crippen LogP contribution < -0.4 is 87.5 Å². The Hall–Kier alpha value is -11.6. The normalized spacial score (nSPS) is 9.72. The second-order valence-corrected chi connectivity index (χ2v) is 22.9. The number of benzene rings is 8. The number of carboxylic acids is 6. The number of carbonyl (C=O) groups is 6. The summed E-state index contributed by atoms with van der Waals surface area (Å²) < 4.78 is 60.2. The molecule has 30 heteroatoms. The van der Waals surface area contributed by atoms with E-state index in [4.69, 9.17) is 56.8 Å². The topological polar surface area (TPSA) is 403 Å². The van der Waals surface area contributed by atoms with E-state index in [0.29, 0.717) is 102 Å². The second kappa shape index (κ2) is 51.8. The molecule has 0 atom stereocenters. The smallest absolute Gasteiger partial charge is 0.550 e. The van der Waals surface area contributed by atoms with E-state index in [1.165, 1.54) is 85.3 Å². The number of hydrogen-bond donors (Lipinski definition) is 0. The van der Waals surface area contributed by atoms with Gasteiger partial charge in [0.1, 0.15) is 0 Å². The fraction of sp³-hybridized carbons (Fsp3) is 0.214. The van der Waals surface area contributed by atoms with Crippen molar-refractivity contribution in [2.24, 2.45) is 0 Å². The Bertz CT molecular complexity index is 4350. The number of hydrogen-bond acceptors (Lipinski definition) is 28. The van der Waals surface area contributed by atoms with Gasteiger partial charge in [0.2, 0.25) is 0 Å². The maximum absolute atomic E-state index is 10.3. The molecular formula is C84H82Dy2N4O24. The van der Waals surface area contributed by atoms with Gasteiger partial charge in [-0.1, -0.05) is 84.9 Å². The van der Waals surface area contributed by atoms with E-state index in [1.807, 2.05) is 24.3 Å². The number of aromatic nitrogens is 4. The maximum atomic E-state index is 10.3. The first kappa shape index (κ1) is 96.6. The van der Waals surface area contributed by atoms with Crippen LogP contribution in [-0.4, -0.2) is 141 Å². The molecule has 12 aromatic rings. The number of pyridine rings is 4. The number of fused-ring (bicyclic) bond motifs is 6. The van der Waals surface area contributed by atoms with E-state index >= 15 is 0 Å². The second-order valence-electron chi connectivity index (χ2n) is 22.9. The molecule has 0 unspecified atom stereocenters. The van der Waals surface area contributed by atoms with Crippen LogP contribution >= 0.6 is 0 Å². The summed E-state index contributed by atoms with van der Waals surface area (Å²) >= 11 is 0. The van der Waals surface area contributed by atoms with Crippen LogP contribution in [0.3, 0.4) is 0 Å². The molecule has 12 rings (SSSR count). The van der Waals surface area contributed by atoms with Gasteiger partial charge in [-0.3, -0.25) is 19.9 Å². The van der Waals surface area contributed by atoms with Crippen molar-refractivity contribution in [2.75, 3.05) is 85.3 Å². The molecule has 114 heavy (non-hydrogen) atoms. The van der Waals surface area contributed by atoms with Crippen LogP contribution in [0.5, 0.6) is 69.0 Å². The van der Waals surface area contributed by atoms with E-state index in [0.717, 1.165) is 43.6 Å². The average molecular weight is 1860 g/mol. The molecule has 0 fully saturated rings. The zero-order chi connectivity index (χ0) is 82.1. The van der Waals surface area contributed by atoms with Gasteiger partial charge in [0, 0.05) is 121 Å². The standard InChI is InChI=1S/2C12H8N2.6C10H12O4.2Dy/c2*1-3-9-5-6-10-4-2-8-14-12(10)11(9)13-7-1;6*1-13-8-4-3-7(6-10(11)12)5-9(8)14-2;;/h2*1-8H;6*3-5H,6H2,1-2H3,(H,11,12);;/q;;;;;;;;2*+3/p-6. The summed E-state index contributed by atoms with van der Waals surface area (Å²) in [5.41, 5.74) is 7.67. The molecule has 0 amide bonds. The van der Waals surface area contributed by atoms with Crippen molar-refractivity contribution in [1.82, 2.24) is 19.9 Å². The van der Waals surface area contributed by atoms with E-state index in [2.05, 4.69) is 68.5 Å². The number of ether oxygens (including phenoxy) is 12. The average Bonchev–Trinajstić information content (AvgIpc) is 0.800. The van der Waals surface area contributed by atoms with Gasteiger partial charge < -0.3 is 116 Å². The third-order valence-electron chi connectivity index (χ3n) is 15.5. The van der Waals surface area contributed by atoms with Gasteiger partial charge in [0.15, 0.2) is 69.0 Å². The van der Waals surface area contributed by atoms with Gasteiger partial charge in [0.05, 0.1) is 107 Å². The predicted molar refractivity (Wildman–Crippen MR) is 404 cm³/mol. The van der Waals surface area contributed by atoms with Crippen LogP contribution in [-0.2, 0) is 67.3 Å². The first-order valence-corrected chi connectivity index (χ1v) is 33.5. The number of rotatable bonds is 24. The monoisotopic (exact) mass is 1860 g/mol. The molecule has 0 aliphatic heterocycles. The molecule has 0 saturated heterocycles. The van der Waals surface area contributed by atoms with Gasteiger partial charge >= 0.3 is 76.3 Å². The summed E-state index contributed by atoms with van der Waals surface area (Å²) in [6.45, 7) is 0. The first-order valence-electron chi connectivity index (χ1n) is 33.5. The minimum Gasteiger partial charge on any atom is -0.550 e. The quantitative estimate of drug-likeness (QED) is 0.0670. The van der Waals surface area contributed by atoms with Crippen LogP contribution in [0.2, 0.25) is 0 Å². The molecule has 602 valence electrons. The van der Waals surface area contributed by atoms with Gasteiger partial charge in [-0.25, -0.2) is 0 Å². The fourth-order valence-electron chi connectivity index (χ4n) is 10.3. The third-order valence-corrected chi connectivity index (χ3v) is 15.5. The van der Waals surface area contributed by atoms with Gasteiger partial charge in [-0.2, -0.15) is 0 Å². The van der Waals surface area contributed by atoms with E-state index < -0.39 is 35.8 Å². The number of carbonyl (C=O) groups excluding carboxylic acids is 6. The van der Waals surface area contributed by atoms with Crippen LogP contribution in [0.15, 0.2) is 207 Å². The van der Waals surface area contributed by atoms with Crippen LogP contribution in [0.4, 0.5) is 0 Å². The van der Waals surface area contributed by atoms with E-state index in [1.54, 1.807) is 134 Å². The predicted octanol–water partition coefficient (Wildman–Crippen LogP) is 5.54. The van der Waals surface area contributed by atoms with Crippen LogP contribution in [0.1, 0.15) is 33.4 Å². The summed E-state index contributed by atoms with van der Waals surface area (Å²) in [7, 11) is 18.1. The molecular weight excluding hydrogens is 1770 g/mol. The molecule has 8 aromatic carbocycles. The summed E-state index contributed by atoms with van der Waals surface area (Å²) in [5.74, 6) is -0.0941. The third kappa shape index (κ3) is 31.9. The van der Waals surface area contributed by atoms with Crippen molar-refractivity contribution < 1.29 is 193 Å². The molecule has 0 aliphatic rings. The van der Waals surface area contributed by atoms with Crippen LogP contribution in [0, 0.1) is 76.3 Å². The van der Waals surface area contributed by atoms with Crippen molar-refractivity contribution in [3.63, 3.8) is 0 Å². The minimum absolute atomic E-state index is 0. The van der Waals surface area contributed by atoms with Crippen LogP contribution in [0.25, 0.3) is 43.6 Å². The first-order chi connectivity index (χ1) is 53.9. The van der Waals surface area contributed by atoms with Gasteiger partial charge in [-0.15, -0.1) is 0 Å². The molecule has 0 spiro atoms. The van der Waals surface area contributed by atoms with E-state index in [9.17, 15) is 59.4 Å². The summed E-state index contributed by atoms with van der Waals surface area (Å²) in [5, 5.41) is 66.6. The molecule has 28 nitrogen and oxygen atoms in total. The zero-order valence-electron chi connectivity index (χ0n) is 64.1. The van der Waals surface area contributed by atoms with Crippen molar-refractivity contribution in [3.8, 4) is 69.0 Å². The zero-order valence-corrected chi connectivity index (χ0v) is 68.1. The summed E-state index contributed by atoms with van der Waals surface area (Å²) in [6.07, 6.45) is 6.46. The van der Waals surface area contributed by atoms with Crippen molar-refractivity contribution >= 4 is 79.4 Å². The Morgan fingerprint density at radius 1 is 0.219 bits per heavy atom. The Morgan fingerprint density at radius 2 is 0.360 bits per heavy atom. The minimum atomic E-state index is -1.11. The Labute approximate surface area is 718 Å². The van der Waals surface area contributed by atoms with Gasteiger partial charge in [-0.05, 0) is 130 Å². The van der Waals surface area contributed by atoms with E-state index in [-0.39, 0.29) is 115 Å². The summed E-state index contributed by atoms with van der Waals surface area (Å²) in [6, 6.07) is 54.0. The van der Waals surface area contributed by atoms with Crippen molar-refractivity contribution in [1.29, 1.82) is 0 Å². The Kier molecular flexibility index (Phi) is 43.9. The molecule has 2 radical (unpaired) electrons. The van der Waals surface area contributed by atoms with Gasteiger partial charge in [0.25, 0.3) is 0 Å². The summed E-state index contributed by atoms with van der Waals surface area (Å²) in [4.78, 5) is 79.4. The van der Waals surface area contributed by atoms with Crippen molar-refractivity contribution in [2.45, 2.75) is 38.5 Å².